The van der Waals surface area contributed by atoms with E-state index in [0.29, 0.717) is 17.2 Å². The normalized spacial score (nSPS) is 16.3. The quantitative estimate of drug-likeness (QED) is 0.907. The highest BCUT2D eigenvalue weighted by molar-refractivity contribution is 5.98. The van der Waals surface area contributed by atoms with Crippen molar-refractivity contribution in [1.29, 1.82) is 0 Å². The molecule has 2 rings (SSSR count). The maximum atomic E-state index is 12.3. The minimum atomic E-state index is 0. The van der Waals surface area contributed by atoms with E-state index in [-0.39, 0.29) is 18.3 Å². The number of nitrogens with zero attached hydrogens (tertiary/aromatic N) is 2. The molecule has 1 saturated heterocycles. The first-order valence-corrected chi connectivity index (χ1v) is 6.58. The smallest absolute Gasteiger partial charge is 0.257 e. The van der Waals surface area contributed by atoms with Gasteiger partial charge in [0.25, 0.3) is 5.91 Å². The fraction of sp³-hybridized carbons (Fsp3) is 0.571. The number of aromatic nitrogens is 1. The first-order chi connectivity index (χ1) is 8.59. The summed E-state index contributed by atoms with van der Waals surface area (Å²) in [6.07, 6.45) is 5.34. The third-order valence-corrected chi connectivity index (χ3v) is 3.85. The Hall–Kier alpha value is -1.29. The molecule has 1 aliphatic rings. The van der Waals surface area contributed by atoms with Gasteiger partial charge in [-0.15, -0.1) is 12.4 Å². The van der Waals surface area contributed by atoms with Crippen molar-refractivity contribution in [2.75, 3.05) is 18.8 Å². The molecule has 0 bridgehead atoms. The van der Waals surface area contributed by atoms with Crippen LogP contribution in [0.4, 0.5) is 5.69 Å². The van der Waals surface area contributed by atoms with Crippen molar-refractivity contribution in [1.82, 2.24) is 9.88 Å². The van der Waals surface area contributed by atoms with Crippen LogP contribution in [0.1, 0.15) is 37.0 Å². The third kappa shape index (κ3) is 3.60. The van der Waals surface area contributed by atoms with E-state index in [1.165, 1.54) is 0 Å². The van der Waals surface area contributed by atoms with Crippen molar-refractivity contribution in [2.45, 2.75) is 26.7 Å². The molecular formula is C14H22ClN3O. The van der Waals surface area contributed by atoms with E-state index in [2.05, 4.69) is 18.8 Å². The summed E-state index contributed by atoms with van der Waals surface area (Å²) >= 11 is 0. The van der Waals surface area contributed by atoms with E-state index in [1.54, 1.807) is 18.5 Å². The summed E-state index contributed by atoms with van der Waals surface area (Å²) in [7, 11) is 0. The van der Waals surface area contributed by atoms with E-state index >= 15 is 0 Å². The van der Waals surface area contributed by atoms with Gasteiger partial charge >= 0.3 is 0 Å². The fourth-order valence-corrected chi connectivity index (χ4v) is 2.52. The number of rotatable bonds is 2. The number of pyridine rings is 1. The third-order valence-electron chi connectivity index (χ3n) is 3.85. The van der Waals surface area contributed by atoms with Crippen LogP contribution in [-0.2, 0) is 0 Å². The Morgan fingerprint density at radius 2 is 2.05 bits per heavy atom. The number of hydrogen-bond donors (Lipinski definition) is 1. The maximum absolute atomic E-state index is 12.3. The maximum Gasteiger partial charge on any atom is 0.257 e. The van der Waals surface area contributed by atoms with E-state index in [4.69, 9.17) is 5.73 Å². The molecule has 1 fully saturated rings. The topological polar surface area (TPSA) is 59.2 Å². The molecule has 106 valence electrons. The van der Waals surface area contributed by atoms with Crippen LogP contribution in [0.2, 0.25) is 0 Å². The monoisotopic (exact) mass is 283 g/mol. The Labute approximate surface area is 120 Å². The average Bonchev–Trinajstić information content (AvgIpc) is 2.38. The van der Waals surface area contributed by atoms with Crippen molar-refractivity contribution in [3.63, 3.8) is 0 Å². The molecule has 19 heavy (non-hydrogen) atoms. The molecule has 2 N–H and O–H groups in total. The lowest BCUT2D eigenvalue weighted by Gasteiger charge is -2.34. The molecule has 0 spiro atoms. The van der Waals surface area contributed by atoms with Crippen LogP contribution in [0, 0.1) is 11.8 Å². The van der Waals surface area contributed by atoms with Gasteiger partial charge in [0.15, 0.2) is 0 Å². The number of nitrogen functional groups attached to an aromatic ring is 1. The molecule has 0 aliphatic carbocycles. The Bertz CT molecular complexity index is 428. The first-order valence-electron chi connectivity index (χ1n) is 6.58. The number of hydrogen-bond acceptors (Lipinski definition) is 3. The lowest BCUT2D eigenvalue weighted by Crippen LogP contribution is -2.39. The predicted octanol–water partition coefficient (Wildman–Crippen LogP) is 2.59. The summed E-state index contributed by atoms with van der Waals surface area (Å²) in [6, 6.07) is 1.67. The Morgan fingerprint density at radius 1 is 1.42 bits per heavy atom. The van der Waals surface area contributed by atoms with Crippen molar-refractivity contribution < 1.29 is 4.79 Å². The zero-order valence-electron chi connectivity index (χ0n) is 11.5. The molecule has 0 radical (unpaired) electrons. The second-order valence-electron chi connectivity index (χ2n) is 5.34. The zero-order valence-corrected chi connectivity index (χ0v) is 12.3. The van der Waals surface area contributed by atoms with Crippen LogP contribution in [0.5, 0.6) is 0 Å². The van der Waals surface area contributed by atoms with E-state index in [0.717, 1.165) is 31.8 Å². The van der Waals surface area contributed by atoms with Gasteiger partial charge in [0.2, 0.25) is 0 Å². The van der Waals surface area contributed by atoms with E-state index in [1.807, 2.05) is 4.90 Å². The minimum Gasteiger partial charge on any atom is -0.398 e. The summed E-state index contributed by atoms with van der Waals surface area (Å²) in [6.45, 7) is 6.16. The molecule has 1 amide bonds. The van der Waals surface area contributed by atoms with Gasteiger partial charge in [0.1, 0.15) is 0 Å². The van der Waals surface area contributed by atoms with Crippen LogP contribution in [0.15, 0.2) is 18.5 Å². The van der Waals surface area contributed by atoms with Crippen molar-refractivity contribution in [3.05, 3.63) is 24.0 Å². The highest BCUT2D eigenvalue weighted by Crippen LogP contribution is 2.25. The van der Waals surface area contributed by atoms with Crippen molar-refractivity contribution in [2.24, 2.45) is 11.8 Å². The number of piperidine rings is 1. The van der Waals surface area contributed by atoms with Gasteiger partial charge in [-0.3, -0.25) is 9.78 Å². The average molecular weight is 284 g/mol. The summed E-state index contributed by atoms with van der Waals surface area (Å²) in [4.78, 5) is 18.2. The van der Waals surface area contributed by atoms with Gasteiger partial charge in [-0.2, -0.15) is 0 Å². The van der Waals surface area contributed by atoms with Gasteiger partial charge in [0.05, 0.1) is 5.56 Å². The highest BCUT2D eigenvalue weighted by atomic mass is 35.5. The molecule has 1 aliphatic heterocycles. The van der Waals surface area contributed by atoms with Gasteiger partial charge in [-0.05, 0) is 30.7 Å². The van der Waals surface area contributed by atoms with E-state index in [9.17, 15) is 4.79 Å². The van der Waals surface area contributed by atoms with Crippen LogP contribution in [0.3, 0.4) is 0 Å². The first kappa shape index (κ1) is 15.8. The Morgan fingerprint density at radius 3 is 2.58 bits per heavy atom. The molecule has 0 aromatic carbocycles. The Balaban J connectivity index is 0.00000180. The standard InChI is InChI=1S/C14H21N3O.ClH/c1-10(2)11-4-7-17(8-5-11)14(18)12-9-16-6-3-13(12)15;/h3,6,9-11H,4-5,7-8H2,1-2H3,(H2,15,16);1H. The number of halogens is 1. The van der Waals surface area contributed by atoms with Crippen LogP contribution < -0.4 is 5.73 Å². The summed E-state index contributed by atoms with van der Waals surface area (Å²) in [5.74, 6) is 1.45. The van der Waals surface area contributed by atoms with E-state index < -0.39 is 0 Å². The summed E-state index contributed by atoms with van der Waals surface area (Å²) in [5, 5.41) is 0. The molecule has 0 saturated carbocycles. The zero-order chi connectivity index (χ0) is 13.1. The van der Waals surface area contributed by atoms with Gasteiger partial charge in [-0.1, -0.05) is 13.8 Å². The Kier molecular flexibility index (Phi) is 5.60. The molecular weight excluding hydrogens is 262 g/mol. The van der Waals surface area contributed by atoms with Crippen molar-refractivity contribution in [3.8, 4) is 0 Å². The number of carbonyl (C=O) groups is 1. The predicted molar refractivity (Wildman–Crippen MR) is 79.4 cm³/mol. The summed E-state index contributed by atoms with van der Waals surface area (Å²) in [5.41, 5.74) is 6.86. The molecule has 5 heteroatoms. The number of likely N-dealkylation sites (tertiary alicyclic amines) is 1. The minimum absolute atomic E-state index is 0. The molecule has 0 atom stereocenters. The van der Waals surface area contributed by atoms with Crippen molar-refractivity contribution >= 4 is 24.0 Å². The highest BCUT2D eigenvalue weighted by Gasteiger charge is 2.26. The van der Waals surface area contributed by atoms with Crippen LogP contribution in [-0.4, -0.2) is 28.9 Å². The summed E-state index contributed by atoms with van der Waals surface area (Å²) < 4.78 is 0. The van der Waals surface area contributed by atoms with Crippen LogP contribution in [0.25, 0.3) is 0 Å². The van der Waals surface area contributed by atoms with Gasteiger partial charge < -0.3 is 10.6 Å². The SMILES string of the molecule is CC(C)C1CCN(C(=O)c2cnccc2N)CC1.Cl. The number of anilines is 1. The molecule has 0 unspecified atom stereocenters. The molecule has 1 aromatic rings. The molecule has 1 aromatic heterocycles. The number of nitrogens with two attached hydrogens (primary N) is 1. The van der Waals surface area contributed by atoms with Gasteiger partial charge in [-0.25, -0.2) is 0 Å². The number of carbonyl (C=O) groups excluding carboxylic acids is 1. The lowest BCUT2D eigenvalue weighted by atomic mass is 9.86. The lowest BCUT2D eigenvalue weighted by molar-refractivity contribution is 0.0668. The number of amides is 1. The largest absolute Gasteiger partial charge is 0.398 e. The van der Waals surface area contributed by atoms with Crippen LogP contribution >= 0.6 is 12.4 Å². The van der Waals surface area contributed by atoms with Gasteiger partial charge in [0, 0.05) is 31.2 Å². The second-order valence-corrected chi connectivity index (χ2v) is 5.34. The fourth-order valence-electron chi connectivity index (χ4n) is 2.52. The second kappa shape index (κ2) is 6.75. The molecule has 2 heterocycles. The molecule has 4 nitrogen and oxygen atoms in total.